The normalized spacial score (nSPS) is 17.1. The maximum Gasteiger partial charge on any atom is 0.123 e. The summed E-state index contributed by atoms with van der Waals surface area (Å²) in [5.74, 6) is -0.150. The van der Waals surface area contributed by atoms with Crippen molar-refractivity contribution in [2.24, 2.45) is 0 Å². The highest BCUT2D eigenvalue weighted by molar-refractivity contribution is 5.16. The van der Waals surface area contributed by atoms with Gasteiger partial charge in [-0.05, 0) is 24.7 Å². The van der Waals surface area contributed by atoms with Crippen LogP contribution in [0.5, 0.6) is 0 Å². The Balaban J connectivity index is 1.95. The van der Waals surface area contributed by atoms with Gasteiger partial charge >= 0.3 is 0 Å². The van der Waals surface area contributed by atoms with Crippen LogP contribution < -0.4 is 5.32 Å². The third-order valence-electron chi connectivity index (χ3n) is 2.70. The van der Waals surface area contributed by atoms with E-state index in [4.69, 9.17) is 0 Å². The average Bonchev–Trinajstić information content (AvgIpc) is 1.99. The molecule has 0 aliphatic carbocycles. The first-order valence-corrected chi connectivity index (χ1v) is 4.91. The van der Waals surface area contributed by atoms with Gasteiger partial charge in [0.2, 0.25) is 0 Å². The molecular formula is C11H15FN2. The molecule has 2 rings (SSSR count). The van der Waals surface area contributed by atoms with Crippen LogP contribution in [0.1, 0.15) is 5.56 Å². The van der Waals surface area contributed by atoms with Crippen molar-refractivity contribution < 1.29 is 4.39 Å². The van der Waals surface area contributed by atoms with E-state index in [1.54, 1.807) is 12.1 Å². The zero-order chi connectivity index (χ0) is 9.97. The summed E-state index contributed by atoms with van der Waals surface area (Å²) in [5, 5.41) is 3.22. The molecule has 2 nitrogen and oxygen atoms in total. The van der Waals surface area contributed by atoms with Crippen molar-refractivity contribution in [2.45, 2.75) is 12.6 Å². The van der Waals surface area contributed by atoms with Gasteiger partial charge in [-0.25, -0.2) is 4.39 Å². The molecule has 0 radical (unpaired) electrons. The predicted octanol–water partition coefficient (Wildman–Crippen LogP) is 1.23. The van der Waals surface area contributed by atoms with E-state index in [2.05, 4.69) is 17.3 Å². The Kier molecular flexibility index (Phi) is 2.79. The molecule has 1 aromatic rings. The Morgan fingerprint density at radius 3 is 2.86 bits per heavy atom. The maximum absolute atomic E-state index is 12.9. The summed E-state index contributed by atoms with van der Waals surface area (Å²) in [5.41, 5.74) is 1.04. The Morgan fingerprint density at radius 1 is 1.50 bits per heavy atom. The fraction of sp³-hybridized carbons (Fsp3) is 0.455. The number of rotatable bonds is 3. The van der Waals surface area contributed by atoms with E-state index in [9.17, 15) is 4.39 Å². The molecular weight excluding hydrogens is 179 g/mol. The lowest BCUT2D eigenvalue weighted by Gasteiger charge is -2.35. The van der Waals surface area contributed by atoms with Gasteiger partial charge in [-0.2, -0.15) is 0 Å². The lowest BCUT2D eigenvalue weighted by atomic mass is 10.1. The third kappa shape index (κ3) is 2.11. The van der Waals surface area contributed by atoms with E-state index in [1.807, 2.05) is 6.07 Å². The second-order valence-corrected chi connectivity index (χ2v) is 3.86. The van der Waals surface area contributed by atoms with Crippen LogP contribution in [0.15, 0.2) is 24.3 Å². The molecule has 14 heavy (non-hydrogen) atoms. The van der Waals surface area contributed by atoms with Crippen LogP contribution in [0.25, 0.3) is 0 Å². The Morgan fingerprint density at radius 2 is 2.29 bits per heavy atom. The number of hydrogen-bond acceptors (Lipinski definition) is 2. The van der Waals surface area contributed by atoms with Crippen LogP contribution in [0.3, 0.4) is 0 Å². The summed E-state index contributed by atoms with van der Waals surface area (Å²) >= 11 is 0. The van der Waals surface area contributed by atoms with Gasteiger partial charge in [-0.1, -0.05) is 12.1 Å². The monoisotopic (exact) mass is 194 g/mol. The van der Waals surface area contributed by atoms with E-state index >= 15 is 0 Å². The van der Waals surface area contributed by atoms with Gasteiger partial charge in [-0.3, -0.25) is 4.90 Å². The molecule has 0 bridgehead atoms. The summed E-state index contributed by atoms with van der Waals surface area (Å²) in [6, 6.07) is 7.42. The van der Waals surface area contributed by atoms with Crippen molar-refractivity contribution in [3.05, 3.63) is 35.6 Å². The predicted molar refractivity (Wildman–Crippen MR) is 54.5 cm³/mol. The van der Waals surface area contributed by atoms with Gasteiger partial charge in [0.05, 0.1) is 0 Å². The molecule has 0 unspecified atom stereocenters. The first kappa shape index (κ1) is 9.62. The van der Waals surface area contributed by atoms with E-state index in [0.717, 1.165) is 25.2 Å². The van der Waals surface area contributed by atoms with Gasteiger partial charge in [0.25, 0.3) is 0 Å². The van der Waals surface area contributed by atoms with Crippen molar-refractivity contribution in [2.75, 3.05) is 20.1 Å². The molecule has 1 aliphatic heterocycles. The number of halogens is 1. The van der Waals surface area contributed by atoms with Crippen molar-refractivity contribution >= 4 is 0 Å². The van der Waals surface area contributed by atoms with Crippen molar-refractivity contribution in [3.63, 3.8) is 0 Å². The smallest absolute Gasteiger partial charge is 0.123 e. The molecule has 0 spiro atoms. The highest BCUT2D eigenvalue weighted by atomic mass is 19.1. The first-order chi connectivity index (χ1) is 6.75. The summed E-state index contributed by atoms with van der Waals surface area (Å²) < 4.78 is 12.9. The Labute approximate surface area is 83.7 Å². The molecule has 0 saturated carbocycles. The van der Waals surface area contributed by atoms with Crippen LogP contribution in [0.4, 0.5) is 4.39 Å². The zero-order valence-electron chi connectivity index (χ0n) is 8.33. The molecule has 76 valence electrons. The van der Waals surface area contributed by atoms with Crippen LogP contribution in [-0.2, 0) is 6.54 Å². The number of nitrogens with zero attached hydrogens (tertiary/aromatic N) is 1. The molecule has 1 fully saturated rings. The molecule has 1 aromatic carbocycles. The molecule has 1 saturated heterocycles. The van der Waals surface area contributed by atoms with Crippen LogP contribution in [-0.4, -0.2) is 31.1 Å². The summed E-state index contributed by atoms with van der Waals surface area (Å²) in [6.45, 7) is 2.92. The van der Waals surface area contributed by atoms with E-state index in [0.29, 0.717) is 6.04 Å². The van der Waals surface area contributed by atoms with Crippen molar-refractivity contribution in [1.82, 2.24) is 10.2 Å². The van der Waals surface area contributed by atoms with E-state index < -0.39 is 0 Å². The van der Waals surface area contributed by atoms with Crippen LogP contribution in [0, 0.1) is 5.82 Å². The minimum absolute atomic E-state index is 0.150. The average molecular weight is 194 g/mol. The minimum atomic E-state index is -0.150. The molecule has 1 aliphatic rings. The van der Waals surface area contributed by atoms with Gasteiger partial charge in [0.15, 0.2) is 0 Å². The van der Waals surface area contributed by atoms with E-state index in [-0.39, 0.29) is 5.82 Å². The topological polar surface area (TPSA) is 15.3 Å². The zero-order valence-corrected chi connectivity index (χ0v) is 8.33. The van der Waals surface area contributed by atoms with Gasteiger partial charge < -0.3 is 5.32 Å². The standard InChI is InChI=1S/C11H15FN2/c1-14(11-6-13-7-11)8-9-3-2-4-10(12)5-9/h2-5,11,13H,6-8H2,1H3. The van der Waals surface area contributed by atoms with Gasteiger partial charge in [0, 0.05) is 25.7 Å². The number of nitrogens with one attached hydrogen (secondary N) is 1. The fourth-order valence-corrected chi connectivity index (χ4v) is 1.64. The van der Waals surface area contributed by atoms with Crippen LogP contribution >= 0.6 is 0 Å². The molecule has 0 aromatic heterocycles. The highest BCUT2D eigenvalue weighted by Crippen LogP contribution is 2.10. The second kappa shape index (κ2) is 4.07. The summed E-state index contributed by atoms with van der Waals surface area (Å²) in [7, 11) is 2.08. The lowest BCUT2D eigenvalue weighted by Crippen LogP contribution is -2.55. The largest absolute Gasteiger partial charge is 0.314 e. The lowest BCUT2D eigenvalue weighted by molar-refractivity contribution is 0.173. The minimum Gasteiger partial charge on any atom is -0.314 e. The SMILES string of the molecule is CN(Cc1cccc(F)c1)C1CNC1. The Hall–Kier alpha value is -0.930. The van der Waals surface area contributed by atoms with Gasteiger partial charge in [-0.15, -0.1) is 0 Å². The summed E-state index contributed by atoms with van der Waals surface area (Å²) in [4.78, 5) is 2.26. The number of likely N-dealkylation sites (N-methyl/N-ethyl adjacent to an activating group) is 1. The fourth-order valence-electron chi connectivity index (χ4n) is 1.64. The van der Waals surface area contributed by atoms with Gasteiger partial charge in [0.1, 0.15) is 5.82 Å². The summed E-state index contributed by atoms with van der Waals surface area (Å²) in [6.07, 6.45) is 0. The molecule has 3 heteroatoms. The molecule has 0 amide bonds. The quantitative estimate of drug-likeness (QED) is 0.778. The number of benzene rings is 1. The number of hydrogen-bond donors (Lipinski definition) is 1. The second-order valence-electron chi connectivity index (χ2n) is 3.86. The van der Waals surface area contributed by atoms with E-state index in [1.165, 1.54) is 6.07 Å². The molecule has 1 heterocycles. The molecule has 1 N–H and O–H groups in total. The van der Waals surface area contributed by atoms with Crippen molar-refractivity contribution in [3.8, 4) is 0 Å². The molecule has 0 atom stereocenters. The van der Waals surface area contributed by atoms with Crippen LogP contribution in [0.2, 0.25) is 0 Å². The third-order valence-corrected chi connectivity index (χ3v) is 2.70. The first-order valence-electron chi connectivity index (χ1n) is 4.91. The van der Waals surface area contributed by atoms with Crippen molar-refractivity contribution in [1.29, 1.82) is 0 Å². The maximum atomic E-state index is 12.9. The Bertz CT molecular complexity index is 310. The highest BCUT2D eigenvalue weighted by Gasteiger charge is 2.21.